The summed E-state index contributed by atoms with van der Waals surface area (Å²) in [5, 5.41) is 14.5. The number of ether oxygens (including phenoxy) is 1. The Hall–Kier alpha value is -2.82. The molecule has 6 nitrogen and oxygen atoms in total. The number of methoxy groups -OCH3 is 1. The molecule has 2 heterocycles. The molecule has 1 atom stereocenters. The molecule has 0 unspecified atom stereocenters. The van der Waals surface area contributed by atoms with E-state index in [4.69, 9.17) is 9.15 Å². The smallest absolute Gasteiger partial charge is 0.240 e. The fourth-order valence-electron chi connectivity index (χ4n) is 2.64. The van der Waals surface area contributed by atoms with Gasteiger partial charge in [0.1, 0.15) is 11.8 Å². The third-order valence-electron chi connectivity index (χ3n) is 4.04. The van der Waals surface area contributed by atoms with E-state index in [2.05, 4.69) is 21.3 Å². The van der Waals surface area contributed by atoms with Gasteiger partial charge in [0, 0.05) is 6.54 Å². The van der Waals surface area contributed by atoms with E-state index >= 15 is 0 Å². The molecule has 26 heavy (non-hydrogen) atoms. The molecular weight excluding hydrogens is 348 g/mol. The Morgan fingerprint density at radius 2 is 2.08 bits per heavy atom. The van der Waals surface area contributed by atoms with Crippen molar-refractivity contribution in [1.82, 2.24) is 9.88 Å². The monoisotopic (exact) mass is 368 g/mol. The van der Waals surface area contributed by atoms with E-state index in [0.29, 0.717) is 18.3 Å². The van der Waals surface area contributed by atoms with E-state index in [1.807, 2.05) is 55.9 Å². The van der Waals surface area contributed by atoms with Gasteiger partial charge >= 0.3 is 0 Å². The first-order valence-corrected chi connectivity index (χ1v) is 8.99. The molecule has 0 saturated heterocycles. The van der Waals surface area contributed by atoms with Crippen LogP contribution in [0.15, 0.2) is 46.2 Å². The molecular formula is C19H20N4O2S. The van der Waals surface area contributed by atoms with Crippen molar-refractivity contribution in [2.75, 3.05) is 33.1 Å². The Labute approximate surface area is 156 Å². The Morgan fingerprint density at radius 1 is 1.31 bits per heavy atom. The van der Waals surface area contributed by atoms with E-state index in [0.717, 1.165) is 16.2 Å². The number of anilines is 1. The van der Waals surface area contributed by atoms with E-state index in [9.17, 15) is 5.26 Å². The van der Waals surface area contributed by atoms with Crippen molar-refractivity contribution in [2.45, 2.75) is 6.04 Å². The molecule has 3 rings (SSSR count). The normalized spacial score (nSPS) is 12.0. The van der Waals surface area contributed by atoms with Gasteiger partial charge in [-0.25, -0.2) is 0 Å². The Bertz CT molecular complexity index is 879. The number of rotatable bonds is 7. The topological polar surface area (TPSA) is 74.3 Å². The summed E-state index contributed by atoms with van der Waals surface area (Å²) >= 11 is 1.52. The summed E-state index contributed by atoms with van der Waals surface area (Å²) in [6, 6.07) is 14.0. The van der Waals surface area contributed by atoms with Gasteiger partial charge in [-0.3, -0.25) is 0 Å². The fraction of sp³-hybridized carbons (Fsp3) is 0.263. The molecule has 0 saturated carbocycles. The lowest BCUT2D eigenvalue weighted by Crippen LogP contribution is -2.26. The first-order chi connectivity index (χ1) is 12.6. The van der Waals surface area contributed by atoms with Crippen molar-refractivity contribution in [3.63, 3.8) is 0 Å². The van der Waals surface area contributed by atoms with Gasteiger partial charge in [-0.2, -0.15) is 10.2 Å². The summed E-state index contributed by atoms with van der Waals surface area (Å²) in [7, 11) is 5.68. The lowest BCUT2D eigenvalue weighted by molar-refractivity contribution is 0.310. The average Bonchev–Trinajstić information content (AvgIpc) is 3.31. The molecule has 0 fully saturated rings. The van der Waals surface area contributed by atoms with Crippen molar-refractivity contribution in [2.24, 2.45) is 0 Å². The number of likely N-dealkylation sites (N-methyl/N-ethyl adjacent to an activating group) is 1. The summed E-state index contributed by atoms with van der Waals surface area (Å²) in [5.74, 6) is 1.68. The van der Waals surface area contributed by atoms with Crippen LogP contribution in [0.25, 0.3) is 10.8 Å². The zero-order valence-corrected chi connectivity index (χ0v) is 15.7. The van der Waals surface area contributed by atoms with E-state index in [1.165, 1.54) is 11.3 Å². The first kappa shape index (κ1) is 18.0. The largest absolute Gasteiger partial charge is 0.497 e. The highest BCUT2D eigenvalue weighted by Gasteiger charge is 2.19. The van der Waals surface area contributed by atoms with Crippen LogP contribution in [-0.2, 0) is 0 Å². The highest BCUT2D eigenvalue weighted by atomic mass is 32.1. The summed E-state index contributed by atoms with van der Waals surface area (Å²) in [4.78, 5) is 7.29. The van der Waals surface area contributed by atoms with Gasteiger partial charge in [-0.1, -0.05) is 18.2 Å². The Balaban J connectivity index is 1.78. The molecule has 2 aromatic heterocycles. The van der Waals surface area contributed by atoms with Crippen LogP contribution >= 0.6 is 11.3 Å². The molecule has 0 aliphatic carbocycles. The third kappa shape index (κ3) is 3.87. The standard InChI is InChI=1S/C19H20N4O2S/c1-23(2)16(13-6-8-14(24-3)9-7-13)12-21-18-15(11-20)22-19(25-18)17-5-4-10-26-17/h4-10,16,21H,12H2,1-3H3/t16-/m1/s1. The number of benzene rings is 1. The number of nitrogens with one attached hydrogen (secondary N) is 1. The lowest BCUT2D eigenvalue weighted by atomic mass is 10.1. The van der Waals surface area contributed by atoms with Crippen molar-refractivity contribution in [1.29, 1.82) is 5.26 Å². The zero-order chi connectivity index (χ0) is 18.5. The fourth-order valence-corrected chi connectivity index (χ4v) is 3.28. The number of thiophene rings is 1. The van der Waals surface area contributed by atoms with Crippen molar-refractivity contribution in [3.05, 3.63) is 53.0 Å². The molecule has 0 bridgehead atoms. The number of hydrogen-bond acceptors (Lipinski definition) is 7. The second-order valence-electron chi connectivity index (χ2n) is 5.92. The lowest BCUT2D eigenvalue weighted by Gasteiger charge is -2.25. The second-order valence-corrected chi connectivity index (χ2v) is 6.87. The summed E-state index contributed by atoms with van der Waals surface area (Å²) in [5.41, 5.74) is 1.40. The first-order valence-electron chi connectivity index (χ1n) is 8.11. The van der Waals surface area contributed by atoms with E-state index in [1.54, 1.807) is 7.11 Å². The van der Waals surface area contributed by atoms with Crippen molar-refractivity contribution >= 4 is 17.2 Å². The van der Waals surface area contributed by atoms with Crippen LogP contribution in [0, 0.1) is 11.3 Å². The molecule has 1 N–H and O–H groups in total. The van der Waals surface area contributed by atoms with Gasteiger partial charge in [-0.05, 0) is 43.2 Å². The van der Waals surface area contributed by atoms with E-state index in [-0.39, 0.29) is 11.7 Å². The molecule has 0 amide bonds. The number of aromatic nitrogens is 1. The minimum atomic E-state index is 0.0998. The number of nitrogens with zero attached hydrogens (tertiary/aromatic N) is 3. The van der Waals surface area contributed by atoms with E-state index < -0.39 is 0 Å². The van der Waals surface area contributed by atoms with Crippen LogP contribution in [0.1, 0.15) is 17.3 Å². The van der Waals surface area contributed by atoms with Gasteiger partial charge in [0.25, 0.3) is 0 Å². The van der Waals surface area contributed by atoms with Gasteiger partial charge in [0.15, 0.2) is 0 Å². The molecule has 0 aliphatic heterocycles. The van der Waals surface area contributed by atoms with Gasteiger partial charge in [0.05, 0.1) is 18.0 Å². The minimum Gasteiger partial charge on any atom is -0.497 e. The van der Waals surface area contributed by atoms with Gasteiger partial charge < -0.3 is 19.4 Å². The summed E-state index contributed by atoms with van der Waals surface area (Å²) in [6.07, 6.45) is 0. The van der Waals surface area contributed by atoms with Crippen LogP contribution < -0.4 is 10.1 Å². The molecule has 7 heteroatoms. The van der Waals surface area contributed by atoms with Crippen molar-refractivity contribution in [3.8, 4) is 22.6 Å². The van der Waals surface area contributed by atoms with Crippen LogP contribution in [0.4, 0.5) is 5.88 Å². The molecule has 1 aromatic carbocycles. The zero-order valence-electron chi connectivity index (χ0n) is 14.9. The van der Waals surface area contributed by atoms with Crippen LogP contribution in [0.5, 0.6) is 5.75 Å². The minimum absolute atomic E-state index is 0.0998. The van der Waals surface area contributed by atoms with Crippen molar-refractivity contribution < 1.29 is 9.15 Å². The number of hydrogen-bond donors (Lipinski definition) is 1. The maximum absolute atomic E-state index is 9.35. The quantitative estimate of drug-likeness (QED) is 0.679. The average molecular weight is 368 g/mol. The number of nitriles is 1. The predicted molar refractivity (Wildman–Crippen MR) is 102 cm³/mol. The molecule has 0 spiro atoms. The predicted octanol–water partition coefficient (Wildman–Crippen LogP) is 4.00. The Kier molecular flexibility index (Phi) is 5.56. The van der Waals surface area contributed by atoms with Crippen LogP contribution in [0.2, 0.25) is 0 Å². The number of oxazole rings is 1. The molecule has 0 aliphatic rings. The SMILES string of the molecule is COc1ccc([C@@H](CNc2oc(-c3cccs3)nc2C#N)N(C)C)cc1. The summed E-state index contributed by atoms with van der Waals surface area (Å²) < 4.78 is 11.0. The molecule has 134 valence electrons. The molecule has 0 radical (unpaired) electrons. The van der Waals surface area contributed by atoms with Crippen LogP contribution in [0.3, 0.4) is 0 Å². The maximum atomic E-state index is 9.35. The maximum Gasteiger partial charge on any atom is 0.240 e. The third-order valence-corrected chi connectivity index (χ3v) is 4.90. The highest BCUT2D eigenvalue weighted by molar-refractivity contribution is 7.13. The van der Waals surface area contributed by atoms with Crippen LogP contribution in [-0.4, -0.2) is 37.6 Å². The summed E-state index contributed by atoms with van der Waals surface area (Å²) in [6.45, 7) is 0.576. The Morgan fingerprint density at radius 3 is 2.65 bits per heavy atom. The van der Waals surface area contributed by atoms with Gasteiger partial charge in [0.2, 0.25) is 17.5 Å². The van der Waals surface area contributed by atoms with Gasteiger partial charge in [-0.15, -0.1) is 11.3 Å². The molecule has 3 aromatic rings. The highest BCUT2D eigenvalue weighted by Crippen LogP contribution is 2.29. The second kappa shape index (κ2) is 8.04.